The molecular formula is C31H44N2O7S. The average Bonchev–Trinajstić information content (AvgIpc) is 3.36. The van der Waals surface area contributed by atoms with Crippen molar-refractivity contribution in [2.24, 2.45) is 11.8 Å². The van der Waals surface area contributed by atoms with Gasteiger partial charge in [-0.25, -0.2) is 17.9 Å². The number of hydrogen-bond acceptors (Lipinski definition) is 7. The van der Waals surface area contributed by atoms with Gasteiger partial charge in [-0.05, 0) is 102 Å². The second kappa shape index (κ2) is 13.2. The molecule has 2 aromatic carbocycles. The van der Waals surface area contributed by atoms with Crippen LogP contribution in [0.3, 0.4) is 0 Å². The van der Waals surface area contributed by atoms with Crippen molar-refractivity contribution in [1.29, 1.82) is 0 Å². The molecule has 1 fully saturated rings. The Balaban J connectivity index is 1.73. The van der Waals surface area contributed by atoms with Crippen LogP contribution in [0.5, 0.6) is 5.75 Å². The van der Waals surface area contributed by atoms with E-state index in [-0.39, 0.29) is 29.7 Å². The Morgan fingerprint density at radius 2 is 1.63 bits per heavy atom. The minimum Gasteiger partial charge on any atom is -0.497 e. The first-order chi connectivity index (χ1) is 19.1. The second-order valence-corrected chi connectivity index (χ2v) is 14.2. The number of benzene rings is 2. The third kappa shape index (κ3) is 10.0. The highest BCUT2D eigenvalue weighted by molar-refractivity contribution is 7.89. The van der Waals surface area contributed by atoms with E-state index in [2.05, 4.69) is 4.72 Å². The zero-order chi connectivity index (χ0) is 30.4. The first-order valence-corrected chi connectivity index (χ1v) is 15.5. The summed E-state index contributed by atoms with van der Waals surface area (Å²) >= 11 is 0. The number of ether oxygens (including phenoxy) is 3. The summed E-state index contributed by atoms with van der Waals surface area (Å²) < 4.78 is 45.4. The van der Waals surface area contributed by atoms with Gasteiger partial charge >= 0.3 is 12.1 Å². The van der Waals surface area contributed by atoms with Gasteiger partial charge < -0.3 is 19.1 Å². The van der Waals surface area contributed by atoms with Crippen LogP contribution in [0.2, 0.25) is 0 Å². The van der Waals surface area contributed by atoms with E-state index in [1.54, 1.807) is 30.2 Å². The highest BCUT2D eigenvalue weighted by Crippen LogP contribution is 2.31. The molecule has 10 heteroatoms. The van der Waals surface area contributed by atoms with Crippen molar-refractivity contribution in [2.75, 3.05) is 26.7 Å². The van der Waals surface area contributed by atoms with Crippen molar-refractivity contribution in [1.82, 2.24) is 9.62 Å². The molecule has 0 bridgehead atoms. The van der Waals surface area contributed by atoms with E-state index in [4.69, 9.17) is 14.2 Å². The molecule has 1 heterocycles. The molecule has 0 spiro atoms. The monoisotopic (exact) mass is 588 g/mol. The lowest BCUT2D eigenvalue weighted by atomic mass is 9.86. The smallest absolute Gasteiger partial charge is 0.410 e. The minimum atomic E-state index is -3.78. The van der Waals surface area contributed by atoms with Crippen LogP contribution in [-0.4, -0.2) is 63.3 Å². The summed E-state index contributed by atoms with van der Waals surface area (Å²) in [6, 6.07) is 14.1. The normalized spacial score (nSPS) is 16.8. The maximum Gasteiger partial charge on any atom is 0.410 e. The first-order valence-electron chi connectivity index (χ1n) is 14.0. The summed E-state index contributed by atoms with van der Waals surface area (Å²) in [7, 11) is -2.19. The maximum absolute atomic E-state index is 13.4. The number of amides is 1. The number of hydrogen-bond donors (Lipinski definition) is 1. The number of likely N-dealkylation sites (tertiary alicyclic amines) is 1. The zero-order valence-corrected chi connectivity index (χ0v) is 26.0. The molecule has 0 aromatic heterocycles. The maximum atomic E-state index is 13.4. The highest BCUT2D eigenvalue weighted by Gasteiger charge is 2.39. The Hall–Kier alpha value is -3.11. The Bertz CT molecular complexity index is 1310. The Kier molecular flexibility index (Phi) is 10.5. The van der Waals surface area contributed by atoms with E-state index < -0.39 is 33.2 Å². The van der Waals surface area contributed by atoms with Gasteiger partial charge in [0.1, 0.15) is 17.0 Å². The number of rotatable bonds is 10. The van der Waals surface area contributed by atoms with Crippen LogP contribution in [0, 0.1) is 11.8 Å². The SMILES string of the molecule is COc1cccc(CCNS(=O)(=O)c2cccc(C[C@H](C(=O)OC(C)(C)C)[C@H]3CCN(C(=O)OC(C)(C)C)C3)c2)c1. The molecule has 2 atom stereocenters. The fraction of sp³-hybridized carbons (Fsp3) is 0.548. The Morgan fingerprint density at radius 3 is 2.29 bits per heavy atom. The molecule has 0 unspecified atom stereocenters. The zero-order valence-electron chi connectivity index (χ0n) is 25.2. The van der Waals surface area contributed by atoms with Crippen molar-refractivity contribution in [3.05, 3.63) is 59.7 Å². The Labute approximate surface area is 244 Å². The van der Waals surface area contributed by atoms with Gasteiger partial charge in [-0.3, -0.25) is 4.79 Å². The highest BCUT2D eigenvalue weighted by atomic mass is 32.2. The van der Waals surface area contributed by atoms with Gasteiger partial charge in [-0.1, -0.05) is 24.3 Å². The average molecular weight is 589 g/mol. The van der Waals surface area contributed by atoms with Crippen molar-refractivity contribution in [3.8, 4) is 5.75 Å². The summed E-state index contributed by atoms with van der Waals surface area (Å²) in [6.07, 6.45) is 1.00. The standard InChI is InChI=1S/C31H44N2O7S/c1-30(2,3)39-28(34)27(24-15-17-33(21-24)29(35)40-31(4,5)6)20-23-11-9-13-26(19-23)41(36,37)32-16-14-22-10-8-12-25(18-22)38-7/h8-13,18-19,24,27,32H,14-17,20-21H2,1-7H3/t24-,27-/m0/s1. The molecule has 0 aliphatic carbocycles. The number of sulfonamides is 1. The predicted molar refractivity (Wildman–Crippen MR) is 157 cm³/mol. The van der Waals surface area contributed by atoms with Crippen molar-refractivity contribution in [2.45, 2.75) is 76.9 Å². The number of nitrogens with zero attached hydrogens (tertiary/aromatic N) is 1. The van der Waals surface area contributed by atoms with Crippen LogP contribution in [0.4, 0.5) is 4.79 Å². The molecule has 0 saturated carbocycles. The largest absolute Gasteiger partial charge is 0.497 e. The number of carbonyl (C=O) groups excluding carboxylic acids is 2. The molecule has 9 nitrogen and oxygen atoms in total. The fourth-order valence-electron chi connectivity index (χ4n) is 4.76. The van der Waals surface area contributed by atoms with Crippen molar-refractivity contribution >= 4 is 22.1 Å². The summed E-state index contributed by atoms with van der Waals surface area (Å²) in [4.78, 5) is 27.8. The molecule has 1 amide bonds. The van der Waals surface area contributed by atoms with Crippen LogP contribution in [0.25, 0.3) is 0 Å². The summed E-state index contributed by atoms with van der Waals surface area (Å²) in [6.45, 7) is 12.0. The number of esters is 1. The van der Waals surface area contributed by atoms with Gasteiger partial charge in [0.05, 0.1) is 17.9 Å². The number of nitrogens with one attached hydrogen (secondary N) is 1. The predicted octanol–water partition coefficient (Wildman–Crippen LogP) is 4.97. The van der Waals surface area contributed by atoms with Crippen LogP contribution >= 0.6 is 0 Å². The molecule has 0 radical (unpaired) electrons. The molecule has 1 N–H and O–H groups in total. The second-order valence-electron chi connectivity index (χ2n) is 12.5. The van der Waals surface area contributed by atoms with E-state index in [0.717, 1.165) is 5.56 Å². The van der Waals surface area contributed by atoms with Gasteiger partial charge in [-0.2, -0.15) is 0 Å². The molecule has 41 heavy (non-hydrogen) atoms. The van der Waals surface area contributed by atoms with E-state index in [9.17, 15) is 18.0 Å². The minimum absolute atomic E-state index is 0.130. The van der Waals surface area contributed by atoms with E-state index in [0.29, 0.717) is 37.2 Å². The van der Waals surface area contributed by atoms with Crippen LogP contribution in [0.15, 0.2) is 53.4 Å². The molecule has 2 aromatic rings. The molecule has 1 saturated heterocycles. The third-order valence-corrected chi connectivity index (χ3v) is 8.12. The fourth-order valence-corrected chi connectivity index (χ4v) is 5.86. The van der Waals surface area contributed by atoms with Crippen LogP contribution < -0.4 is 9.46 Å². The summed E-state index contributed by atoms with van der Waals surface area (Å²) in [5.41, 5.74) is 0.356. The van der Waals surface area contributed by atoms with Gasteiger partial charge in [0, 0.05) is 19.6 Å². The third-order valence-electron chi connectivity index (χ3n) is 6.66. The lowest BCUT2D eigenvalue weighted by Gasteiger charge is -2.28. The van der Waals surface area contributed by atoms with E-state index in [1.807, 2.05) is 71.9 Å². The summed E-state index contributed by atoms with van der Waals surface area (Å²) in [5.74, 6) is -0.355. The van der Waals surface area contributed by atoms with Gasteiger partial charge in [0.15, 0.2) is 0 Å². The molecule has 3 rings (SSSR count). The first kappa shape index (κ1) is 32.4. The number of methoxy groups -OCH3 is 1. The quantitative estimate of drug-likeness (QED) is 0.390. The van der Waals surface area contributed by atoms with Crippen LogP contribution in [0.1, 0.15) is 59.1 Å². The van der Waals surface area contributed by atoms with Crippen LogP contribution in [-0.2, 0) is 37.1 Å². The van der Waals surface area contributed by atoms with Crippen molar-refractivity contribution < 1.29 is 32.2 Å². The van der Waals surface area contributed by atoms with Gasteiger partial charge in [-0.15, -0.1) is 0 Å². The molecule has 1 aliphatic heterocycles. The summed E-state index contributed by atoms with van der Waals surface area (Å²) in [5, 5.41) is 0. The molecular weight excluding hydrogens is 544 g/mol. The molecule has 1 aliphatic rings. The van der Waals surface area contributed by atoms with Gasteiger partial charge in [0.2, 0.25) is 10.0 Å². The topological polar surface area (TPSA) is 111 Å². The van der Waals surface area contributed by atoms with Gasteiger partial charge in [0.25, 0.3) is 0 Å². The lowest BCUT2D eigenvalue weighted by Crippen LogP contribution is -2.38. The van der Waals surface area contributed by atoms with E-state index in [1.165, 1.54) is 0 Å². The van der Waals surface area contributed by atoms with E-state index >= 15 is 0 Å². The number of carbonyl (C=O) groups is 2. The molecule has 226 valence electrons. The Morgan fingerprint density at radius 1 is 0.976 bits per heavy atom. The lowest BCUT2D eigenvalue weighted by molar-refractivity contribution is -0.161. The van der Waals surface area contributed by atoms with Crippen molar-refractivity contribution in [3.63, 3.8) is 0 Å².